The molecule has 2 heterocycles. The van der Waals surface area contributed by atoms with Crippen LogP contribution < -0.4 is 14.8 Å². The normalized spacial score (nSPS) is 14.5. The average molecular weight is 410 g/mol. The first kappa shape index (κ1) is 19.4. The Morgan fingerprint density at radius 3 is 2.37 bits per heavy atom. The van der Waals surface area contributed by atoms with Crippen molar-refractivity contribution in [2.45, 2.75) is 18.9 Å². The second-order valence-electron chi connectivity index (χ2n) is 6.86. The molecule has 0 radical (unpaired) electrons. The summed E-state index contributed by atoms with van der Waals surface area (Å²) in [5, 5.41) is 11.3. The van der Waals surface area contributed by atoms with E-state index in [1.54, 1.807) is 36.4 Å². The Morgan fingerprint density at radius 1 is 1.10 bits per heavy atom. The van der Waals surface area contributed by atoms with Crippen molar-refractivity contribution >= 4 is 23.7 Å². The van der Waals surface area contributed by atoms with Crippen LogP contribution in [0.1, 0.15) is 45.2 Å². The maximum atomic E-state index is 13.0. The quantitative estimate of drug-likeness (QED) is 0.430. The molecule has 30 heavy (non-hydrogen) atoms. The number of carboxylic acids is 1. The largest absolute Gasteiger partial charge is 0.493 e. The molecule has 2 aromatic carbocycles. The van der Waals surface area contributed by atoms with Crippen molar-refractivity contribution in [3.63, 3.8) is 0 Å². The van der Waals surface area contributed by atoms with Gasteiger partial charge in [0, 0.05) is 12.1 Å². The number of aliphatic carboxylic acids is 1. The summed E-state index contributed by atoms with van der Waals surface area (Å²) in [6.45, 7) is -0.0553. The fourth-order valence-corrected chi connectivity index (χ4v) is 3.56. The van der Waals surface area contributed by atoms with Gasteiger partial charge in [-0.25, -0.2) is 0 Å². The van der Waals surface area contributed by atoms with Gasteiger partial charge in [-0.05, 0) is 24.3 Å². The fraction of sp³-hybridized carbons (Fsp3) is 0.238. The number of carbonyl (C=O) groups is 4. The molecule has 2 N–H and O–H groups in total. The minimum atomic E-state index is -1.04. The molecule has 1 atom stereocenters. The molecule has 2 aliphatic heterocycles. The van der Waals surface area contributed by atoms with Crippen LogP contribution in [-0.4, -0.2) is 47.4 Å². The van der Waals surface area contributed by atoms with E-state index in [2.05, 4.69) is 5.32 Å². The van der Waals surface area contributed by atoms with E-state index in [0.29, 0.717) is 22.8 Å². The van der Waals surface area contributed by atoms with Crippen LogP contribution in [0.3, 0.4) is 0 Å². The zero-order chi connectivity index (χ0) is 21.4. The number of carboxylic acid groups (broad SMARTS) is 1. The summed E-state index contributed by atoms with van der Waals surface area (Å²) in [5.41, 5.74) is 1.05. The standard InChI is InChI=1S/C21H18N2O7/c1-29-15-7-6-13(18-19(15)30-18)14(10-16(24)22-9-8-17(25)26)23-20(27)11-4-2-3-5-12(11)21(23)28/h2-7,14H,8-10H2,1H3,(H,22,24)(H,25,26). The highest BCUT2D eigenvalue weighted by molar-refractivity contribution is 6.21. The monoisotopic (exact) mass is 410 g/mol. The summed E-state index contributed by atoms with van der Waals surface area (Å²) >= 11 is 0. The second kappa shape index (κ2) is 7.51. The number of methoxy groups -OCH3 is 1. The Balaban J connectivity index is 1.65. The van der Waals surface area contributed by atoms with Crippen molar-refractivity contribution in [2.24, 2.45) is 0 Å². The molecule has 154 valence electrons. The van der Waals surface area contributed by atoms with E-state index in [0.717, 1.165) is 4.90 Å². The van der Waals surface area contributed by atoms with Gasteiger partial charge in [0.15, 0.2) is 11.5 Å². The van der Waals surface area contributed by atoms with Gasteiger partial charge >= 0.3 is 5.97 Å². The number of nitrogens with zero attached hydrogens (tertiary/aromatic N) is 1. The zero-order valence-electron chi connectivity index (χ0n) is 16.0. The molecule has 0 fully saturated rings. The predicted octanol–water partition coefficient (Wildman–Crippen LogP) is 2.12. The van der Waals surface area contributed by atoms with Gasteiger partial charge < -0.3 is 19.9 Å². The molecule has 0 saturated heterocycles. The Morgan fingerprint density at radius 2 is 1.77 bits per heavy atom. The predicted molar refractivity (Wildman–Crippen MR) is 103 cm³/mol. The molecule has 0 bridgehead atoms. The number of fused-ring (bicyclic) bond motifs is 2. The summed E-state index contributed by atoms with van der Waals surface area (Å²) < 4.78 is 10.7. The summed E-state index contributed by atoms with van der Waals surface area (Å²) in [6, 6.07) is 8.85. The molecule has 9 nitrogen and oxygen atoms in total. The van der Waals surface area contributed by atoms with Crippen molar-refractivity contribution in [2.75, 3.05) is 13.7 Å². The number of benzene rings is 2. The van der Waals surface area contributed by atoms with E-state index >= 15 is 0 Å². The Labute approximate surface area is 171 Å². The lowest BCUT2D eigenvalue weighted by Gasteiger charge is -2.25. The average Bonchev–Trinajstić information content (AvgIpc) is 3.48. The van der Waals surface area contributed by atoms with Gasteiger partial charge in [0.05, 0.1) is 37.1 Å². The minimum Gasteiger partial charge on any atom is -0.493 e. The first-order chi connectivity index (χ1) is 14.4. The zero-order valence-corrected chi connectivity index (χ0v) is 16.0. The lowest BCUT2D eigenvalue weighted by Crippen LogP contribution is -2.37. The smallest absolute Gasteiger partial charge is 0.305 e. The summed E-state index contributed by atoms with van der Waals surface area (Å²) in [4.78, 5) is 50.2. The van der Waals surface area contributed by atoms with Gasteiger partial charge in [-0.2, -0.15) is 0 Å². The van der Waals surface area contributed by atoms with Crippen LogP contribution >= 0.6 is 0 Å². The lowest BCUT2D eigenvalue weighted by molar-refractivity contribution is -0.136. The van der Waals surface area contributed by atoms with Crippen molar-refractivity contribution in [1.82, 2.24) is 10.2 Å². The van der Waals surface area contributed by atoms with Crippen molar-refractivity contribution in [1.29, 1.82) is 0 Å². The number of hydrogen-bond donors (Lipinski definition) is 2. The molecule has 0 aromatic heterocycles. The van der Waals surface area contributed by atoms with Gasteiger partial charge in [-0.15, -0.1) is 0 Å². The number of hydrogen-bond acceptors (Lipinski definition) is 6. The highest BCUT2D eigenvalue weighted by atomic mass is 16.6. The Hall–Kier alpha value is -3.88. The number of amides is 3. The first-order valence-corrected chi connectivity index (χ1v) is 9.26. The number of rotatable bonds is 8. The molecular weight excluding hydrogens is 392 g/mol. The summed E-state index contributed by atoms with van der Waals surface area (Å²) in [7, 11) is 1.49. The van der Waals surface area contributed by atoms with Gasteiger partial charge in [0.1, 0.15) is 0 Å². The van der Waals surface area contributed by atoms with E-state index in [4.69, 9.17) is 14.6 Å². The molecule has 3 amide bonds. The number of carbonyl (C=O) groups excluding carboxylic acids is 3. The maximum absolute atomic E-state index is 13.0. The molecule has 2 aromatic rings. The van der Waals surface area contributed by atoms with Gasteiger partial charge in [0.2, 0.25) is 11.7 Å². The van der Waals surface area contributed by atoms with E-state index in [-0.39, 0.29) is 30.5 Å². The van der Waals surface area contributed by atoms with Gasteiger partial charge in [-0.3, -0.25) is 24.1 Å². The van der Waals surface area contributed by atoms with Crippen LogP contribution in [0.2, 0.25) is 0 Å². The molecule has 2 aliphatic rings. The first-order valence-electron chi connectivity index (χ1n) is 9.26. The van der Waals surface area contributed by atoms with E-state index in [1.807, 2.05) is 0 Å². The minimum absolute atomic E-state index is 0.0553. The van der Waals surface area contributed by atoms with Crippen LogP contribution in [0.25, 0.3) is 0 Å². The molecular formula is C21H18N2O7. The van der Waals surface area contributed by atoms with E-state index < -0.39 is 29.7 Å². The number of imide groups is 1. The molecule has 0 aliphatic carbocycles. The SMILES string of the molecule is COc1ccc(C(CC(=O)NCCC(=O)O)N2C(=O)c3ccccc3C2=O)c2c1O2. The third kappa shape index (κ3) is 3.34. The third-order valence-electron chi connectivity index (χ3n) is 5.02. The lowest BCUT2D eigenvalue weighted by atomic mass is 10.0. The van der Waals surface area contributed by atoms with Gasteiger partial charge in [0.25, 0.3) is 11.8 Å². The van der Waals surface area contributed by atoms with Crippen molar-refractivity contribution in [3.05, 3.63) is 53.1 Å². The van der Waals surface area contributed by atoms with Crippen LogP contribution in [-0.2, 0) is 9.59 Å². The highest BCUT2D eigenvalue weighted by Gasteiger charge is 2.44. The fourth-order valence-electron chi connectivity index (χ4n) is 3.56. The Bertz CT molecular complexity index is 1040. The highest BCUT2D eigenvalue weighted by Crippen LogP contribution is 2.57. The number of nitrogens with one attached hydrogen (secondary N) is 1. The van der Waals surface area contributed by atoms with Crippen LogP contribution in [0.5, 0.6) is 17.2 Å². The molecule has 4 rings (SSSR count). The van der Waals surface area contributed by atoms with Crippen LogP contribution in [0, 0.1) is 0 Å². The molecule has 1 unspecified atom stereocenters. The van der Waals surface area contributed by atoms with Crippen molar-refractivity contribution < 1.29 is 33.8 Å². The Kier molecular flexibility index (Phi) is 4.86. The molecule has 0 saturated carbocycles. The van der Waals surface area contributed by atoms with Gasteiger partial charge in [-0.1, -0.05) is 12.1 Å². The third-order valence-corrected chi connectivity index (χ3v) is 5.02. The molecule has 9 heteroatoms. The second-order valence-corrected chi connectivity index (χ2v) is 6.86. The number of ether oxygens (including phenoxy) is 2. The summed E-state index contributed by atoms with van der Waals surface area (Å²) in [6.07, 6.45) is -0.461. The van der Waals surface area contributed by atoms with E-state index in [1.165, 1.54) is 7.11 Å². The maximum Gasteiger partial charge on any atom is 0.305 e. The van der Waals surface area contributed by atoms with Crippen molar-refractivity contribution in [3.8, 4) is 17.2 Å². The van der Waals surface area contributed by atoms with E-state index in [9.17, 15) is 19.2 Å². The van der Waals surface area contributed by atoms with Crippen LogP contribution in [0.4, 0.5) is 0 Å². The topological polar surface area (TPSA) is 126 Å². The molecule has 0 spiro atoms. The summed E-state index contributed by atoms with van der Waals surface area (Å²) in [5.74, 6) is -1.03. The van der Waals surface area contributed by atoms with Crippen LogP contribution in [0.15, 0.2) is 36.4 Å².